The molecule has 1 N–H and O–H groups in total. The minimum atomic E-state index is 0.640. The average molecular weight is 281 g/mol. The normalized spacial score (nSPS) is 26.5. The molecule has 0 aliphatic carbocycles. The Kier molecular flexibility index (Phi) is 5.37. The fraction of sp³-hybridized carbons (Fsp3) is 0.800. The summed E-state index contributed by atoms with van der Waals surface area (Å²) in [7, 11) is 0. The molecule has 0 saturated carbocycles. The molecular weight excluding hydrogens is 254 g/mol. The van der Waals surface area contributed by atoms with Gasteiger partial charge in [0.2, 0.25) is 0 Å². The van der Waals surface area contributed by atoms with Crippen LogP contribution in [0.25, 0.3) is 0 Å². The molecule has 1 fully saturated rings. The number of aryl methyl sites for hydroxylation is 1. The van der Waals surface area contributed by atoms with Gasteiger partial charge in [0.05, 0.1) is 5.01 Å². The van der Waals surface area contributed by atoms with Crippen LogP contribution in [0.15, 0.2) is 5.38 Å². The van der Waals surface area contributed by atoms with Crippen molar-refractivity contribution in [1.29, 1.82) is 0 Å². The minimum Gasteiger partial charge on any atom is -0.311 e. The number of piperazine rings is 1. The first kappa shape index (κ1) is 14.9. The lowest BCUT2D eigenvalue weighted by Gasteiger charge is -2.41. The Morgan fingerprint density at radius 2 is 2.37 bits per heavy atom. The lowest BCUT2D eigenvalue weighted by Crippen LogP contribution is -2.57. The predicted molar refractivity (Wildman–Crippen MR) is 82.8 cm³/mol. The van der Waals surface area contributed by atoms with Gasteiger partial charge < -0.3 is 5.32 Å². The molecule has 0 bridgehead atoms. The van der Waals surface area contributed by atoms with Gasteiger partial charge in [-0.1, -0.05) is 20.3 Å². The zero-order valence-corrected chi connectivity index (χ0v) is 13.5. The molecule has 0 spiro atoms. The summed E-state index contributed by atoms with van der Waals surface area (Å²) in [6.45, 7) is 12.5. The lowest BCUT2D eigenvalue weighted by molar-refractivity contribution is 0.120. The molecular formula is C15H27N3S. The van der Waals surface area contributed by atoms with E-state index in [0.29, 0.717) is 12.1 Å². The molecule has 1 aromatic rings. The number of nitrogens with zero attached hydrogens (tertiary/aromatic N) is 2. The van der Waals surface area contributed by atoms with Crippen molar-refractivity contribution in [1.82, 2.24) is 15.2 Å². The summed E-state index contributed by atoms with van der Waals surface area (Å²) in [6, 6.07) is 1.29. The first-order valence-corrected chi connectivity index (χ1v) is 8.36. The molecule has 1 aromatic heterocycles. The van der Waals surface area contributed by atoms with Gasteiger partial charge in [0.15, 0.2) is 0 Å². The molecule has 2 rings (SSSR count). The maximum atomic E-state index is 4.57. The van der Waals surface area contributed by atoms with Gasteiger partial charge in [-0.15, -0.1) is 11.3 Å². The van der Waals surface area contributed by atoms with E-state index >= 15 is 0 Å². The van der Waals surface area contributed by atoms with Gasteiger partial charge in [0, 0.05) is 49.2 Å². The summed E-state index contributed by atoms with van der Waals surface area (Å²) in [4.78, 5) is 7.20. The molecule has 1 aliphatic heterocycles. The van der Waals surface area contributed by atoms with E-state index in [-0.39, 0.29) is 0 Å². The van der Waals surface area contributed by atoms with Crippen LogP contribution in [-0.4, -0.2) is 41.6 Å². The van der Waals surface area contributed by atoms with Crippen LogP contribution in [0.4, 0.5) is 0 Å². The molecule has 108 valence electrons. The second-order valence-corrected chi connectivity index (χ2v) is 6.82. The van der Waals surface area contributed by atoms with Crippen molar-refractivity contribution in [3.8, 4) is 0 Å². The van der Waals surface area contributed by atoms with Crippen molar-refractivity contribution >= 4 is 11.3 Å². The highest BCUT2D eigenvalue weighted by Crippen LogP contribution is 2.17. The molecule has 1 aliphatic rings. The van der Waals surface area contributed by atoms with Crippen molar-refractivity contribution in [2.45, 2.75) is 52.6 Å². The largest absolute Gasteiger partial charge is 0.311 e. The average Bonchev–Trinajstić information content (AvgIpc) is 2.82. The van der Waals surface area contributed by atoms with Gasteiger partial charge in [-0.05, 0) is 19.8 Å². The zero-order chi connectivity index (χ0) is 13.8. The Bertz CT molecular complexity index is 390. The predicted octanol–water partition coefficient (Wildman–Crippen LogP) is 2.70. The van der Waals surface area contributed by atoms with Crippen molar-refractivity contribution in [2.24, 2.45) is 5.92 Å². The summed E-state index contributed by atoms with van der Waals surface area (Å²) in [5, 5.41) is 7.13. The zero-order valence-electron chi connectivity index (χ0n) is 12.6. The van der Waals surface area contributed by atoms with Gasteiger partial charge in [-0.2, -0.15) is 0 Å². The first-order chi connectivity index (χ1) is 9.10. The minimum absolute atomic E-state index is 0.640. The van der Waals surface area contributed by atoms with Crippen LogP contribution in [0.3, 0.4) is 0 Å². The third kappa shape index (κ3) is 4.01. The molecule has 3 atom stereocenters. The molecule has 3 unspecified atom stereocenters. The van der Waals surface area contributed by atoms with Gasteiger partial charge in [-0.25, -0.2) is 4.98 Å². The van der Waals surface area contributed by atoms with Gasteiger partial charge in [0.1, 0.15) is 0 Å². The van der Waals surface area contributed by atoms with Crippen LogP contribution in [0.1, 0.15) is 37.9 Å². The van der Waals surface area contributed by atoms with Crippen LogP contribution < -0.4 is 5.32 Å². The van der Waals surface area contributed by atoms with Crippen molar-refractivity contribution in [2.75, 3.05) is 19.6 Å². The second kappa shape index (κ2) is 6.82. The van der Waals surface area contributed by atoms with E-state index in [0.717, 1.165) is 31.1 Å². The van der Waals surface area contributed by atoms with Crippen LogP contribution in [0, 0.1) is 12.8 Å². The van der Waals surface area contributed by atoms with Gasteiger partial charge >= 0.3 is 0 Å². The van der Waals surface area contributed by atoms with Gasteiger partial charge in [-0.3, -0.25) is 4.90 Å². The molecule has 1 saturated heterocycles. The molecule has 3 nitrogen and oxygen atoms in total. The fourth-order valence-corrected chi connectivity index (χ4v) is 3.45. The van der Waals surface area contributed by atoms with E-state index in [1.54, 1.807) is 11.3 Å². The number of rotatable bonds is 5. The Hall–Kier alpha value is -0.450. The third-order valence-corrected chi connectivity index (χ3v) is 5.37. The number of nitrogens with one attached hydrogen (secondary N) is 1. The number of hydrogen-bond donors (Lipinski definition) is 1. The summed E-state index contributed by atoms with van der Waals surface area (Å²) < 4.78 is 0. The summed E-state index contributed by atoms with van der Waals surface area (Å²) in [5.74, 6) is 0.761. The summed E-state index contributed by atoms with van der Waals surface area (Å²) >= 11 is 1.80. The van der Waals surface area contributed by atoms with E-state index in [4.69, 9.17) is 0 Å². The molecule has 19 heavy (non-hydrogen) atoms. The summed E-state index contributed by atoms with van der Waals surface area (Å²) in [5.41, 5.74) is 1.16. The highest BCUT2D eigenvalue weighted by atomic mass is 32.1. The van der Waals surface area contributed by atoms with Gasteiger partial charge in [0.25, 0.3) is 0 Å². The van der Waals surface area contributed by atoms with Crippen LogP contribution >= 0.6 is 11.3 Å². The Balaban J connectivity index is 1.86. The first-order valence-electron chi connectivity index (χ1n) is 7.48. The summed E-state index contributed by atoms with van der Waals surface area (Å²) in [6.07, 6.45) is 2.35. The molecule has 4 heteroatoms. The topological polar surface area (TPSA) is 28.2 Å². The molecule has 0 amide bonds. The van der Waals surface area contributed by atoms with Crippen molar-refractivity contribution < 1.29 is 0 Å². The standard InChI is InChI=1S/C15H27N3S/c1-5-11(2)14-9-18(13(4)8-16-14)7-6-15-17-12(3)10-19-15/h10-11,13-14,16H,5-9H2,1-4H3. The monoisotopic (exact) mass is 281 g/mol. The van der Waals surface area contributed by atoms with Crippen LogP contribution in [-0.2, 0) is 6.42 Å². The van der Waals surface area contributed by atoms with Crippen molar-refractivity contribution in [3.05, 3.63) is 16.1 Å². The molecule has 0 radical (unpaired) electrons. The Morgan fingerprint density at radius 3 is 3.00 bits per heavy atom. The number of aromatic nitrogens is 1. The van der Waals surface area contributed by atoms with Crippen LogP contribution in [0.5, 0.6) is 0 Å². The maximum absolute atomic E-state index is 4.57. The Labute approximate surface area is 121 Å². The lowest BCUT2D eigenvalue weighted by atomic mass is 9.95. The highest BCUT2D eigenvalue weighted by Gasteiger charge is 2.27. The van der Waals surface area contributed by atoms with E-state index in [1.165, 1.54) is 18.0 Å². The number of thiazole rings is 1. The second-order valence-electron chi connectivity index (χ2n) is 5.88. The van der Waals surface area contributed by atoms with E-state index in [1.807, 2.05) is 0 Å². The quantitative estimate of drug-likeness (QED) is 0.899. The van der Waals surface area contributed by atoms with Crippen LogP contribution in [0.2, 0.25) is 0 Å². The van der Waals surface area contributed by atoms with E-state index in [9.17, 15) is 0 Å². The highest BCUT2D eigenvalue weighted by molar-refractivity contribution is 7.09. The fourth-order valence-electron chi connectivity index (χ4n) is 2.68. The molecule has 2 heterocycles. The Morgan fingerprint density at radius 1 is 1.58 bits per heavy atom. The molecule has 0 aromatic carbocycles. The maximum Gasteiger partial charge on any atom is 0.0940 e. The smallest absolute Gasteiger partial charge is 0.0940 e. The van der Waals surface area contributed by atoms with E-state index in [2.05, 4.69) is 48.3 Å². The van der Waals surface area contributed by atoms with Crippen molar-refractivity contribution in [3.63, 3.8) is 0 Å². The number of hydrogen-bond acceptors (Lipinski definition) is 4. The third-order valence-electron chi connectivity index (χ3n) is 4.34. The van der Waals surface area contributed by atoms with E-state index < -0.39 is 0 Å². The SMILES string of the molecule is CCC(C)C1CN(CCc2nc(C)cs2)C(C)CN1.